The summed E-state index contributed by atoms with van der Waals surface area (Å²) >= 11 is 2.13. The Morgan fingerprint density at radius 1 is 1.67 bits per heavy atom. The summed E-state index contributed by atoms with van der Waals surface area (Å²) in [6.45, 7) is 0.331. The van der Waals surface area contributed by atoms with Crippen LogP contribution >= 0.6 is 22.6 Å². The number of halogens is 1. The molecule has 0 aliphatic heterocycles. The van der Waals surface area contributed by atoms with Crippen molar-refractivity contribution in [3.05, 3.63) is 39.6 Å². The van der Waals surface area contributed by atoms with Crippen molar-refractivity contribution in [2.45, 2.75) is 6.54 Å². The maximum Gasteiger partial charge on any atom is 0.339 e. The highest BCUT2D eigenvalue weighted by molar-refractivity contribution is 14.1. The molecule has 0 saturated heterocycles. The third-order valence-electron chi connectivity index (χ3n) is 1.88. The monoisotopic (exact) mass is 318 g/mol. The molecule has 5 nitrogen and oxygen atoms in total. The number of nitrogens with zero attached hydrogens (tertiary/aromatic N) is 2. The van der Waals surface area contributed by atoms with E-state index in [1.807, 2.05) is 6.20 Å². The summed E-state index contributed by atoms with van der Waals surface area (Å²) in [5, 5.41) is 12.9. The van der Waals surface area contributed by atoms with Crippen LogP contribution in [0.15, 0.2) is 29.1 Å². The largest absolute Gasteiger partial charge is 0.478 e. The zero-order valence-electron chi connectivity index (χ0n) is 7.55. The second kappa shape index (κ2) is 4.05. The van der Waals surface area contributed by atoms with Crippen LogP contribution in [0.25, 0.3) is 0 Å². The van der Waals surface area contributed by atoms with E-state index in [0.29, 0.717) is 12.3 Å². The van der Waals surface area contributed by atoms with Gasteiger partial charge in [-0.2, -0.15) is 5.10 Å². The minimum atomic E-state index is -0.986. The highest BCUT2D eigenvalue weighted by Crippen LogP contribution is 2.12. The van der Waals surface area contributed by atoms with E-state index >= 15 is 0 Å². The maximum absolute atomic E-state index is 10.8. The molecule has 0 saturated carbocycles. The molecule has 0 unspecified atom stereocenters. The Morgan fingerprint density at radius 2 is 2.47 bits per heavy atom. The van der Waals surface area contributed by atoms with Crippen LogP contribution in [-0.2, 0) is 6.54 Å². The third kappa shape index (κ3) is 2.20. The zero-order valence-corrected chi connectivity index (χ0v) is 9.71. The van der Waals surface area contributed by atoms with Gasteiger partial charge in [-0.25, -0.2) is 4.79 Å². The second-order valence-corrected chi connectivity index (χ2v) is 4.16. The Hall–Kier alpha value is -1.31. The Labute approximate surface area is 98.8 Å². The summed E-state index contributed by atoms with van der Waals surface area (Å²) < 4.78 is 7.72. The van der Waals surface area contributed by atoms with E-state index in [-0.39, 0.29) is 5.56 Å². The summed E-state index contributed by atoms with van der Waals surface area (Å²) in [5.74, 6) is -0.581. The summed E-state index contributed by atoms with van der Waals surface area (Å²) in [6, 6.07) is 1.44. The maximum atomic E-state index is 10.8. The lowest BCUT2D eigenvalue weighted by Crippen LogP contribution is -2.04. The summed E-state index contributed by atoms with van der Waals surface area (Å²) in [6.07, 6.45) is 4.88. The fourth-order valence-electron chi connectivity index (χ4n) is 1.23. The molecule has 0 bridgehead atoms. The van der Waals surface area contributed by atoms with Gasteiger partial charge in [-0.15, -0.1) is 0 Å². The van der Waals surface area contributed by atoms with Crippen molar-refractivity contribution in [2.24, 2.45) is 0 Å². The van der Waals surface area contributed by atoms with Crippen molar-refractivity contribution < 1.29 is 14.3 Å². The van der Waals surface area contributed by atoms with Crippen LogP contribution in [0.3, 0.4) is 0 Å². The van der Waals surface area contributed by atoms with Crippen LogP contribution in [0, 0.1) is 3.57 Å². The van der Waals surface area contributed by atoms with Gasteiger partial charge in [-0.3, -0.25) is 4.68 Å². The molecule has 0 aromatic carbocycles. The number of aromatic carboxylic acids is 1. The molecule has 0 radical (unpaired) electrons. The van der Waals surface area contributed by atoms with E-state index in [0.717, 1.165) is 3.57 Å². The Morgan fingerprint density at radius 3 is 3.07 bits per heavy atom. The standard InChI is InChI=1S/C9H7IN2O3/c10-6-3-11-12(4-6)5-8-7(9(13)14)1-2-15-8/h1-4H,5H2,(H,13,14). The molecular formula is C9H7IN2O3. The number of aromatic nitrogens is 2. The molecule has 15 heavy (non-hydrogen) atoms. The third-order valence-corrected chi connectivity index (χ3v) is 2.44. The van der Waals surface area contributed by atoms with Crippen molar-refractivity contribution in [3.63, 3.8) is 0 Å². The highest BCUT2D eigenvalue weighted by Gasteiger charge is 2.13. The van der Waals surface area contributed by atoms with Crippen LogP contribution in [0.2, 0.25) is 0 Å². The first-order valence-electron chi connectivity index (χ1n) is 4.14. The Kier molecular flexibility index (Phi) is 2.76. The molecule has 78 valence electrons. The van der Waals surface area contributed by atoms with Gasteiger partial charge >= 0.3 is 5.97 Å². The fraction of sp³-hybridized carbons (Fsp3) is 0.111. The average molecular weight is 318 g/mol. The molecule has 0 fully saturated rings. The molecule has 0 spiro atoms. The van der Waals surface area contributed by atoms with Gasteiger partial charge in [0.25, 0.3) is 0 Å². The van der Waals surface area contributed by atoms with Crippen LogP contribution in [0.1, 0.15) is 16.1 Å². The Bertz CT molecular complexity index is 489. The molecule has 1 N–H and O–H groups in total. The van der Waals surface area contributed by atoms with Crippen molar-refractivity contribution in [1.29, 1.82) is 0 Å². The van der Waals surface area contributed by atoms with Crippen molar-refractivity contribution in [1.82, 2.24) is 9.78 Å². The highest BCUT2D eigenvalue weighted by atomic mass is 127. The van der Waals surface area contributed by atoms with Gasteiger partial charge in [0.2, 0.25) is 0 Å². The van der Waals surface area contributed by atoms with E-state index < -0.39 is 5.97 Å². The molecule has 0 aliphatic rings. The zero-order chi connectivity index (χ0) is 10.8. The lowest BCUT2D eigenvalue weighted by Gasteiger charge is -1.98. The van der Waals surface area contributed by atoms with E-state index in [1.165, 1.54) is 12.3 Å². The van der Waals surface area contributed by atoms with Gasteiger partial charge in [0.1, 0.15) is 11.3 Å². The minimum absolute atomic E-state index is 0.181. The number of carboxylic acid groups (broad SMARTS) is 1. The van der Waals surface area contributed by atoms with Crippen molar-refractivity contribution in [3.8, 4) is 0 Å². The fourth-order valence-corrected chi connectivity index (χ4v) is 1.67. The smallest absolute Gasteiger partial charge is 0.339 e. The van der Waals surface area contributed by atoms with Crippen LogP contribution in [0.5, 0.6) is 0 Å². The molecule has 2 heterocycles. The molecule has 0 aliphatic carbocycles. The van der Waals surface area contributed by atoms with Crippen molar-refractivity contribution >= 4 is 28.6 Å². The average Bonchev–Trinajstić information content (AvgIpc) is 2.75. The number of rotatable bonds is 3. The molecule has 2 aromatic rings. The number of hydrogen-bond acceptors (Lipinski definition) is 3. The quantitative estimate of drug-likeness (QED) is 0.877. The van der Waals surface area contributed by atoms with Gasteiger partial charge < -0.3 is 9.52 Å². The van der Waals surface area contributed by atoms with Crippen LogP contribution in [-0.4, -0.2) is 20.9 Å². The number of carboxylic acids is 1. The first-order valence-corrected chi connectivity index (χ1v) is 5.22. The second-order valence-electron chi connectivity index (χ2n) is 2.92. The van der Waals surface area contributed by atoms with Gasteiger partial charge in [0.15, 0.2) is 0 Å². The number of carbonyl (C=O) groups is 1. The molecule has 6 heteroatoms. The van der Waals surface area contributed by atoms with E-state index in [9.17, 15) is 4.79 Å². The van der Waals surface area contributed by atoms with Gasteiger partial charge in [-0.1, -0.05) is 0 Å². The molecule has 2 aromatic heterocycles. The van der Waals surface area contributed by atoms with Gasteiger partial charge in [0, 0.05) is 6.20 Å². The van der Waals surface area contributed by atoms with Crippen molar-refractivity contribution in [2.75, 3.05) is 0 Å². The van der Waals surface area contributed by atoms with Gasteiger partial charge in [0.05, 0.1) is 22.6 Å². The first-order chi connectivity index (χ1) is 7.16. The van der Waals surface area contributed by atoms with Gasteiger partial charge in [-0.05, 0) is 28.7 Å². The van der Waals surface area contributed by atoms with E-state index in [1.54, 1.807) is 10.9 Å². The number of hydrogen-bond donors (Lipinski definition) is 1. The van der Waals surface area contributed by atoms with Crippen LogP contribution in [0.4, 0.5) is 0 Å². The lowest BCUT2D eigenvalue weighted by molar-refractivity contribution is 0.0694. The van der Waals surface area contributed by atoms with E-state index in [2.05, 4.69) is 27.7 Å². The summed E-state index contributed by atoms with van der Waals surface area (Å²) in [5.41, 5.74) is 0.181. The first kappa shape index (κ1) is 10.2. The predicted octanol–water partition coefficient (Wildman–Crippen LogP) is 1.83. The van der Waals surface area contributed by atoms with E-state index in [4.69, 9.17) is 9.52 Å². The normalized spacial score (nSPS) is 10.5. The number of furan rings is 1. The lowest BCUT2D eigenvalue weighted by atomic mass is 10.2. The Balaban J connectivity index is 2.24. The molecule has 0 amide bonds. The topological polar surface area (TPSA) is 68.3 Å². The molecular weight excluding hydrogens is 311 g/mol. The summed E-state index contributed by atoms with van der Waals surface area (Å²) in [7, 11) is 0. The molecule has 0 atom stereocenters. The molecule has 2 rings (SSSR count). The minimum Gasteiger partial charge on any atom is -0.478 e. The SMILES string of the molecule is O=C(O)c1ccoc1Cn1cc(I)cn1. The summed E-state index contributed by atoms with van der Waals surface area (Å²) in [4.78, 5) is 10.8. The predicted molar refractivity (Wildman–Crippen MR) is 59.7 cm³/mol. The van der Waals surface area contributed by atoms with Crippen LogP contribution < -0.4 is 0 Å².